The van der Waals surface area contributed by atoms with Crippen LogP contribution in [-0.2, 0) is 17.6 Å². The van der Waals surface area contributed by atoms with Gasteiger partial charge in [-0.3, -0.25) is 19.9 Å². The second kappa shape index (κ2) is 9.31. The third kappa shape index (κ3) is 4.76. The van der Waals surface area contributed by atoms with E-state index in [1.54, 1.807) is 19.4 Å². The first kappa shape index (κ1) is 22.7. The van der Waals surface area contributed by atoms with E-state index >= 15 is 0 Å². The number of anilines is 1. The average molecular weight is 498 g/mol. The molecule has 34 heavy (non-hydrogen) atoms. The first-order valence-electron chi connectivity index (χ1n) is 11.2. The summed E-state index contributed by atoms with van der Waals surface area (Å²) in [5.74, 6) is 0.275. The smallest absolute Gasteiger partial charge is 0.259 e. The summed E-state index contributed by atoms with van der Waals surface area (Å²) in [7, 11) is 1.54. The molecule has 3 heterocycles. The van der Waals surface area contributed by atoms with Crippen LogP contribution in [0.1, 0.15) is 45.9 Å². The summed E-state index contributed by atoms with van der Waals surface area (Å²) in [6, 6.07) is 3.84. The predicted octanol–water partition coefficient (Wildman–Crippen LogP) is 4.21. The van der Waals surface area contributed by atoms with Crippen LogP contribution in [0.15, 0.2) is 24.5 Å². The molecule has 2 amide bonds. The monoisotopic (exact) mass is 497 g/mol. The van der Waals surface area contributed by atoms with Gasteiger partial charge in [0.15, 0.2) is 5.13 Å². The number of halogens is 1. The van der Waals surface area contributed by atoms with E-state index in [2.05, 4.69) is 25.6 Å². The topological polar surface area (TPSA) is 106 Å². The summed E-state index contributed by atoms with van der Waals surface area (Å²) in [6.07, 6.45) is 7.39. The quantitative estimate of drug-likeness (QED) is 0.494. The third-order valence-corrected chi connectivity index (χ3v) is 7.33. The van der Waals surface area contributed by atoms with E-state index in [0.29, 0.717) is 45.2 Å². The van der Waals surface area contributed by atoms with Crippen LogP contribution in [0.4, 0.5) is 5.13 Å². The predicted molar refractivity (Wildman–Crippen MR) is 131 cm³/mol. The Morgan fingerprint density at radius 3 is 2.74 bits per heavy atom. The highest BCUT2D eigenvalue weighted by atomic mass is 35.5. The molecule has 176 valence electrons. The van der Waals surface area contributed by atoms with Crippen molar-refractivity contribution in [3.8, 4) is 16.9 Å². The molecule has 5 rings (SSSR count). The van der Waals surface area contributed by atoms with Gasteiger partial charge in [0, 0.05) is 39.9 Å². The van der Waals surface area contributed by atoms with E-state index in [-0.39, 0.29) is 17.7 Å². The molecule has 0 aromatic carbocycles. The standard InChI is InChI=1S/C24H24ClN5O3S/c1-12-7-15(16-9-21(25)27-11-19(16)33-2)17(10-26-12)23(32)30-24-29-18-6-3-13(8-20(18)34-24)22(31)28-14-4-5-14/h7,9-11,13-14H,3-6,8H2,1-2H3,(H,28,31)(H,29,30,32). The van der Waals surface area contributed by atoms with Crippen molar-refractivity contribution in [2.45, 2.75) is 45.1 Å². The van der Waals surface area contributed by atoms with Crippen molar-refractivity contribution in [3.05, 3.63) is 51.5 Å². The third-order valence-electron chi connectivity index (χ3n) is 6.08. The fraction of sp³-hybridized carbons (Fsp3) is 0.375. The first-order chi connectivity index (χ1) is 16.4. The zero-order valence-corrected chi connectivity index (χ0v) is 20.4. The van der Waals surface area contributed by atoms with Gasteiger partial charge in [0.2, 0.25) is 5.91 Å². The summed E-state index contributed by atoms with van der Waals surface area (Å²) in [4.78, 5) is 39.8. The van der Waals surface area contributed by atoms with E-state index in [1.165, 1.54) is 17.5 Å². The number of pyridine rings is 2. The van der Waals surface area contributed by atoms with E-state index in [9.17, 15) is 9.59 Å². The van der Waals surface area contributed by atoms with Gasteiger partial charge in [0.25, 0.3) is 5.91 Å². The molecule has 0 radical (unpaired) electrons. The van der Waals surface area contributed by atoms with Gasteiger partial charge in [-0.1, -0.05) is 11.6 Å². The molecule has 2 aliphatic rings. The lowest BCUT2D eigenvalue weighted by Crippen LogP contribution is -2.35. The maximum absolute atomic E-state index is 13.3. The van der Waals surface area contributed by atoms with Crippen molar-refractivity contribution in [1.82, 2.24) is 20.3 Å². The number of carbonyl (C=O) groups is 2. The van der Waals surface area contributed by atoms with Crippen LogP contribution < -0.4 is 15.4 Å². The van der Waals surface area contributed by atoms with Crippen LogP contribution in [0.3, 0.4) is 0 Å². The van der Waals surface area contributed by atoms with Crippen molar-refractivity contribution in [2.24, 2.45) is 5.92 Å². The van der Waals surface area contributed by atoms with Crippen molar-refractivity contribution >= 4 is 39.9 Å². The molecule has 1 atom stereocenters. The first-order valence-corrected chi connectivity index (χ1v) is 12.4. The Morgan fingerprint density at radius 2 is 1.97 bits per heavy atom. The number of hydrogen-bond acceptors (Lipinski definition) is 7. The molecule has 8 nitrogen and oxygen atoms in total. The number of fused-ring (bicyclic) bond motifs is 1. The van der Waals surface area contributed by atoms with Gasteiger partial charge >= 0.3 is 0 Å². The van der Waals surface area contributed by atoms with Crippen LogP contribution >= 0.6 is 22.9 Å². The molecule has 0 aliphatic heterocycles. The lowest BCUT2D eigenvalue weighted by molar-refractivity contribution is -0.125. The van der Waals surface area contributed by atoms with Crippen molar-refractivity contribution in [2.75, 3.05) is 12.4 Å². The Labute approximate surface area is 206 Å². The molecule has 1 saturated carbocycles. The largest absolute Gasteiger partial charge is 0.494 e. The number of aromatic nitrogens is 3. The van der Waals surface area contributed by atoms with E-state index < -0.39 is 0 Å². The highest BCUT2D eigenvalue weighted by Gasteiger charge is 2.31. The zero-order valence-electron chi connectivity index (χ0n) is 18.9. The molecule has 2 aliphatic carbocycles. The number of nitrogens with one attached hydrogen (secondary N) is 2. The van der Waals surface area contributed by atoms with Crippen LogP contribution in [0.5, 0.6) is 5.75 Å². The second-order valence-electron chi connectivity index (χ2n) is 8.64. The molecule has 3 aromatic heterocycles. The maximum atomic E-state index is 13.3. The fourth-order valence-electron chi connectivity index (χ4n) is 4.12. The highest BCUT2D eigenvalue weighted by Crippen LogP contribution is 2.36. The highest BCUT2D eigenvalue weighted by molar-refractivity contribution is 7.15. The van der Waals surface area contributed by atoms with Crippen LogP contribution in [0.25, 0.3) is 11.1 Å². The molecule has 0 spiro atoms. The molecular formula is C24H24ClN5O3S. The number of methoxy groups -OCH3 is 1. The fourth-order valence-corrected chi connectivity index (χ4v) is 5.36. The van der Waals surface area contributed by atoms with Gasteiger partial charge < -0.3 is 10.1 Å². The Bertz CT molecular complexity index is 1270. The van der Waals surface area contributed by atoms with Crippen molar-refractivity contribution in [3.63, 3.8) is 0 Å². The van der Waals surface area contributed by atoms with Crippen molar-refractivity contribution < 1.29 is 14.3 Å². The number of thiazole rings is 1. The van der Waals surface area contributed by atoms with E-state index in [4.69, 9.17) is 16.3 Å². The summed E-state index contributed by atoms with van der Waals surface area (Å²) in [6.45, 7) is 1.85. The van der Waals surface area contributed by atoms with Gasteiger partial charge in [-0.25, -0.2) is 9.97 Å². The summed E-state index contributed by atoms with van der Waals surface area (Å²) < 4.78 is 5.44. The zero-order chi connectivity index (χ0) is 23.8. The number of aryl methyl sites for hydroxylation is 2. The molecule has 10 heteroatoms. The Kier molecular flexibility index (Phi) is 6.22. The number of hydrogen-bond donors (Lipinski definition) is 2. The molecule has 1 unspecified atom stereocenters. The summed E-state index contributed by atoms with van der Waals surface area (Å²) in [5, 5.41) is 6.83. The van der Waals surface area contributed by atoms with Crippen molar-refractivity contribution in [1.29, 1.82) is 0 Å². The minimum absolute atomic E-state index is 0.0334. The lowest BCUT2D eigenvalue weighted by Gasteiger charge is -2.20. The molecular weight excluding hydrogens is 474 g/mol. The van der Waals surface area contributed by atoms with E-state index in [0.717, 1.165) is 41.9 Å². The number of nitrogens with zero attached hydrogens (tertiary/aromatic N) is 3. The van der Waals surface area contributed by atoms with Gasteiger partial charge in [0.1, 0.15) is 10.9 Å². The van der Waals surface area contributed by atoms with Gasteiger partial charge in [-0.05, 0) is 51.2 Å². The minimum atomic E-state index is -0.327. The molecule has 3 aromatic rings. The Balaban J connectivity index is 1.38. The maximum Gasteiger partial charge on any atom is 0.259 e. The average Bonchev–Trinajstić information content (AvgIpc) is 3.54. The molecule has 1 fully saturated rings. The lowest BCUT2D eigenvalue weighted by atomic mass is 9.90. The van der Waals surface area contributed by atoms with Crippen LogP contribution in [0.2, 0.25) is 5.15 Å². The Hall–Kier alpha value is -3.04. The molecule has 0 saturated heterocycles. The SMILES string of the molecule is COc1cnc(Cl)cc1-c1cc(C)ncc1C(=O)Nc1nc2c(s1)CC(C(=O)NC1CC1)CC2. The van der Waals surface area contributed by atoms with Gasteiger partial charge in [-0.15, -0.1) is 11.3 Å². The minimum Gasteiger partial charge on any atom is -0.494 e. The number of rotatable bonds is 6. The summed E-state index contributed by atoms with van der Waals surface area (Å²) >= 11 is 7.56. The van der Waals surface area contributed by atoms with E-state index in [1.807, 2.05) is 13.0 Å². The summed E-state index contributed by atoms with van der Waals surface area (Å²) in [5.41, 5.74) is 3.38. The normalized spacial score (nSPS) is 17.1. The number of ether oxygens (including phenoxy) is 1. The molecule has 0 bridgehead atoms. The Morgan fingerprint density at radius 1 is 1.15 bits per heavy atom. The number of carbonyl (C=O) groups excluding carboxylic acids is 2. The van der Waals surface area contributed by atoms with Gasteiger partial charge in [0.05, 0.1) is 24.6 Å². The van der Waals surface area contributed by atoms with Gasteiger partial charge in [-0.2, -0.15) is 0 Å². The molecule has 2 N–H and O–H groups in total. The van der Waals surface area contributed by atoms with Crippen LogP contribution in [0, 0.1) is 12.8 Å². The van der Waals surface area contributed by atoms with Crippen LogP contribution in [-0.4, -0.2) is 39.9 Å². The second-order valence-corrected chi connectivity index (χ2v) is 10.1. The number of amides is 2.